The number of rotatable bonds is 3. The van der Waals surface area contributed by atoms with Gasteiger partial charge in [-0.05, 0) is 32.9 Å². The highest BCUT2D eigenvalue weighted by Crippen LogP contribution is 2.36. The van der Waals surface area contributed by atoms with Crippen LogP contribution in [0.3, 0.4) is 0 Å². The predicted octanol–water partition coefficient (Wildman–Crippen LogP) is 2.97. The van der Waals surface area contributed by atoms with Gasteiger partial charge >= 0.3 is 11.8 Å². The number of nitro benzene ring substituents is 1. The summed E-state index contributed by atoms with van der Waals surface area (Å²) in [7, 11) is 2.75. The second-order valence-corrected chi connectivity index (χ2v) is 5.12. The van der Waals surface area contributed by atoms with E-state index in [9.17, 15) is 14.9 Å². The van der Waals surface area contributed by atoms with Crippen LogP contribution in [0, 0.1) is 10.1 Å². The van der Waals surface area contributed by atoms with Gasteiger partial charge in [-0.15, -0.1) is 0 Å². The van der Waals surface area contributed by atoms with E-state index in [0.29, 0.717) is 0 Å². The van der Waals surface area contributed by atoms with Crippen molar-refractivity contribution in [1.29, 1.82) is 0 Å². The quantitative estimate of drug-likeness (QED) is 0.628. The number of anilines is 1. The van der Waals surface area contributed by atoms with Crippen molar-refractivity contribution >= 4 is 17.5 Å². The van der Waals surface area contributed by atoms with E-state index in [1.54, 1.807) is 26.8 Å². The van der Waals surface area contributed by atoms with Crippen molar-refractivity contribution in [3.05, 3.63) is 28.3 Å². The Morgan fingerprint density at radius 1 is 1.35 bits per heavy atom. The fourth-order valence-corrected chi connectivity index (χ4v) is 1.56. The lowest BCUT2D eigenvalue weighted by atomic mass is 10.2. The Bertz CT molecular complexity index is 522. The molecule has 0 bridgehead atoms. The molecule has 1 rings (SSSR count). The number of ether oxygens (including phenoxy) is 2. The molecule has 0 saturated carbocycles. The summed E-state index contributed by atoms with van der Waals surface area (Å²) in [5.41, 5.74) is -0.842. The molecule has 0 aromatic heterocycles. The Kier molecular flexibility index (Phi) is 4.54. The summed E-state index contributed by atoms with van der Waals surface area (Å²) in [6.07, 6.45) is -0.672. The molecule has 110 valence electrons. The van der Waals surface area contributed by atoms with E-state index >= 15 is 0 Å². The minimum absolute atomic E-state index is 0.0860. The van der Waals surface area contributed by atoms with Crippen LogP contribution in [-0.4, -0.2) is 30.8 Å². The number of amides is 1. The lowest BCUT2D eigenvalue weighted by molar-refractivity contribution is -0.385. The smallest absolute Gasteiger partial charge is 0.414 e. The fraction of sp³-hybridized carbons (Fsp3) is 0.462. The van der Waals surface area contributed by atoms with Crippen molar-refractivity contribution in [3.8, 4) is 5.75 Å². The van der Waals surface area contributed by atoms with Crippen molar-refractivity contribution in [1.82, 2.24) is 0 Å². The minimum atomic E-state index is -0.682. The predicted molar refractivity (Wildman–Crippen MR) is 74.3 cm³/mol. The fourth-order valence-electron chi connectivity index (χ4n) is 1.56. The monoisotopic (exact) mass is 282 g/mol. The van der Waals surface area contributed by atoms with Crippen LogP contribution in [0.2, 0.25) is 0 Å². The molecule has 1 amide bonds. The van der Waals surface area contributed by atoms with Crippen molar-refractivity contribution in [2.45, 2.75) is 26.4 Å². The third-order valence-corrected chi connectivity index (χ3v) is 2.41. The number of nitrogens with zero attached hydrogens (tertiary/aromatic N) is 2. The molecule has 0 N–H and O–H groups in total. The first-order chi connectivity index (χ1) is 9.17. The molecule has 7 heteroatoms. The first-order valence-corrected chi connectivity index (χ1v) is 5.95. The van der Waals surface area contributed by atoms with Gasteiger partial charge in [0.15, 0.2) is 5.75 Å². The molecule has 1 aromatic carbocycles. The highest BCUT2D eigenvalue weighted by molar-refractivity contribution is 5.91. The molecule has 0 aliphatic rings. The summed E-state index contributed by atoms with van der Waals surface area (Å²) >= 11 is 0. The van der Waals surface area contributed by atoms with E-state index in [1.165, 1.54) is 26.3 Å². The Labute approximate surface area is 117 Å². The van der Waals surface area contributed by atoms with Crippen molar-refractivity contribution in [3.63, 3.8) is 0 Å². The molecule has 7 nitrogen and oxygen atoms in total. The van der Waals surface area contributed by atoms with Crippen LogP contribution in [0.5, 0.6) is 5.75 Å². The summed E-state index contributed by atoms with van der Waals surface area (Å²) < 4.78 is 10.1. The second-order valence-electron chi connectivity index (χ2n) is 5.12. The second kappa shape index (κ2) is 5.77. The average molecular weight is 282 g/mol. The highest BCUT2D eigenvalue weighted by atomic mass is 16.6. The summed E-state index contributed by atoms with van der Waals surface area (Å²) in [5.74, 6) is 0.0860. The molecule has 0 radical (unpaired) electrons. The molecule has 0 unspecified atom stereocenters. The molecular weight excluding hydrogens is 264 g/mol. The van der Waals surface area contributed by atoms with Gasteiger partial charge in [-0.1, -0.05) is 6.07 Å². The number of para-hydroxylation sites is 1. The lowest BCUT2D eigenvalue weighted by Crippen LogP contribution is -2.34. The van der Waals surface area contributed by atoms with Crippen molar-refractivity contribution in [2.24, 2.45) is 0 Å². The van der Waals surface area contributed by atoms with Crippen LogP contribution in [0.15, 0.2) is 18.2 Å². The average Bonchev–Trinajstić information content (AvgIpc) is 2.34. The van der Waals surface area contributed by atoms with Gasteiger partial charge in [-0.25, -0.2) is 4.79 Å². The largest absolute Gasteiger partial charge is 0.490 e. The molecule has 0 atom stereocenters. The molecule has 0 aliphatic heterocycles. The van der Waals surface area contributed by atoms with Crippen LogP contribution < -0.4 is 9.64 Å². The SMILES string of the molecule is COc1cccc(N(C)C(=O)OC(C)(C)C)c1[N+](=O)[O-]. The van der Waals surface area contributed by atoms with Gasteiger partial charge in [0.1, 0.15) is 11.3 Å². The van der Waals surface area contributed by atoms with Crippen molar-refractivity contribution in [2.75, 3.05) is 19.1 Å². The number of carbonyl (C=O) groups is 1. The van der Waals surface area contributed by atoms with Crippen molar-refractivity contribution < 1.29 is 19.2 Å². The van der Waals surface area contributed by atoms with Gasteiger partial charge in [0.05, 0.1) is 12.0 Å². The Balaban J connectivity index is 3.19. The summed E-state index contributed by atoms with van der Waals surface area (Å²) in [6.45, 7) is 5.16. The number of nitro groups is 1. The lowest BCUT2D eigenvalue weighted by Gasteiger charge is -2.24. The van der Waals surface area contributed by atoms with E-state index in [2.05, 4.69) is 0 Å². The molecule has 0 heterocycles. The summed E-state index contributed by atoms with van der Waals surface area (Å²) in [6, 6.07) is 4.50. The van der Waals surface area contributed by atoms with Gasteiger partial charge in [-0.3, -0.25) is 15.0 Å². The van der Waals surface area contributed by atoms with Crippen LogP contribution in [-0.2, 0) is 4.74 Å². The van der Waals surface area contributed by atoms with Gasteiger partial charge in [0.25, 0.3) is 0 Å². The maximum atomic E-state index is 12.0. The molecule has 0 spiro atoms. The van der Waals surface area contributed by atoms with E-state index in [4.69, 9.17) is 9.47 Å². The third-order valence-electron chi connectivity index (χ3n) is 2.41. The number of hydrogen-bond acceptors (Lipinski definition) is 5. The van der Waals surface area contributed by atoms with Crippen LogP contribution in [0.4, 0.5) is 16.2 Å². The van der Waals surface area contributed by atoms with E-state index in [1.807, 2.05) is 0 Å². The Morgan fingerprint density at radius 3 is 2.40 bits per heavy atom. The van der Waals surface area contributed by atoms with E-state index < -0.39 is 16.6 Å². The van der Waals surface area contributed by atoms with Gasteiger partial charge in [0.2, 0.25) is 0 Å². The zero-order valence-electron chi connectivity index (χ0n) is 12.2. The third kappa shape index (κ3) is 3.59. The molecular formula is C13H18N2O5. The first kappa shape index (κ1) is 15.7. The summed E-state index contributed by atoms with van der Waals surface area (Å²) in [4.78, 5) is 23.6. The van der Waals surface area contributed by atoms with E-state index in [-0.39, 0.29) is 17.1 Å². The van der Waals surface area contributed by atoms with Crippen LogP contribution in [0.25, 0.3) is 0 Å². The Morgan fingerprint density at radius 2 is 1.95 bits per heavy atom. The van der Waals surface area contributed by atoms with Crippen LogP contribution >= 0.6 is 0 Å². The highest BCUT2D eigenvalue weighted by Gasteiger charge is 2.28. The van der Waals surface area contributed by atoms with E-state index in [0.717, 1.165) is 4.90 Å². The number of carbonyl (C=O) groups excluding carboxylic acids is 1. The molecule has 20 heavy (non-hydrogen) atoms. The summed E-state index contributed by atoms with van der Waals surface area (Å²) in [5, 5.41) is 11.2. The zero-order valence-corrected chi connectivity index (χ0v) is 12.2. The minimum Gasteiger partial charge on any atom is -0.490 e. The Hall–Kier alpha value is -2.31. The van der Waals surface area contributed by atoms with Crippen LogP contribution in [0.1, 0.15) is 20.8 Å². The normalized spacial score (nSPS) is 10.8. The molecule has 1 aromatic rings. The van der Waals surface area contributed by atoms with Gasteiger partial charge in [0, 0.05) is 7.05 Å². The number of hydrogen-bond donors (Lipinski definition) is 0. The molecule has 0 aliphatic carbocycles. The van der Waals surface area contributed by atoms with Gasteiger partial charge in [-0.2, -0.15) is 0 Å². The van der Waals surface area contributed by atoms with Gasteiger partial charge < -0.3 is 9.47 Å². The zero-order chi connectivity index (χ0) is 15.5. The number of methoxy groups -OCH3 is 1. The standard InChI is InChI=1S/C13H18N2O5/c1-13(2,3)20-12(16)14(4)9-7-6-8-10(19-5)11(9)15(17)18/h6-8H,1-5H3. The maximum absolute atomic E-state index is 12.0. The molecule has 0 saturated heterocycles. The first-order valence-electron chi connectivity index (χ1n) is 5.95. The molecule has 0 fully saturated rings. The topological polar surface area (TPSA) is 81.9 Å². The maximum Gasteiger partial charge on any atom is 0.414 e. The number of benzene rings is 1.